The number of nitrogens with zero attached hydrogens (tertiary/aromatic N) is 4. The fraction of sp³-hybridized carbons (Fsp3) is 0.441. The van der Waals surface area contributed by atoms with Gasteiger partial charge in [0.2, 0.25) is 0 Å². The fourth-order valence-corrected chi connectivity index (χ4v) is 7.05. The van der Waals surface area contributed by atoms with Crippen LogP contribution in [0.4, 0.5) is 5.69 Å². The van der Waals surface area contributed by atoms with Crippen molar-refractivity contribution in [3.8, 4) is 11.4 Å². The molecule has 1 saturated carbocycles. The van der Waals surface area contributed by atoms with Crippen molar-refractivity contribution in [3.05, 3.63) is 78.1 Å². The van der Waals surface area contributed by atoms with Crippen molar-refractivity contribution < 1.29 is 18.5 Å². The molecule has 1 aliphatic carbocycles. The number of methoxy groups -OCH3 is 1. The zero-order valence-electron chi connectivity index (χ0n) is 24.8. The van der Waals surface area contributed by atoms with Gasteiger partial charge in [0.05, 0.1) is 34.8 Å². The van der Waals surface area contributed by atoms with Gasteiger partial charge in [0.1, 0.15) is 11.4 Å². The van der Waals surface area contributed by atoms with Gasteiger partial charge in [0, 0.05) is 49.3 Å². The Hall–Kier alpha value is -3.56. The summed E-state index contributed by atoms with van der Waals surface area (Å²) in [5, 5.41) is 6.19. The second-order valence-corrected chi connectivity index (χ2v) is 13.2. The number of rotatable bonds is 13. The molecule has 0 amide bonds. The number of pyridine rings is 1. The van der Waals surface area contributed by atoms with E-state index >= 15 is 0 Å². The molecule has 1 atom stereocenters. The van der Waals surface area contributed by atoms with Crippen LogP contribution >= 0.6 is 0 Å². The lowest BCUT2D eigenvalue weighted by atomic mass is 9.81. The van der Waals surface area contributed by atoms with E-state index in [4.69, 9.17) is 19.6 Å². The Morgan fingerprint density at radius 1 is 1.00 bits per heavy atom. The van der Waals surface area contributed by atoms with E-state index in [2.05, 4.69) is 4.90 Å². The van der Waals surface area contributed by atoms with Crippen molar-refractivity contribution in [2.24, 2.45) is 5.92 Å². The predicted molar refractivity (Wildman–Crippen MR) is 171 cm³/mol. The molecule has 2 fully saturated rings. The van der Waals surface area contributed by atoms with Crippen LogP contribution in [0.2, 0.25) is 0 Å². The highest BCUT2D eigenvalue weighted by molar-refractivity contribution is 7.85. The number of hydrogen-bond acceptors (Lipinski definition) is 7. The highest BCUT2D eigenvalue weighted by Gasteiger charge is 2.31. The van der Waals surface area contributed by atoms with Gasteiger partial charge in [-0.1, -0.05) is 42.8 Å². The molecular formula is C34H40N4O4S. The molecule has 8 nitrogen and oxygen atoms in total. The number of anilines is 1. The molecule has 0 radical (unpaired) electrons. The predicted octanol–water partition coefficient (Wildman–Crippen LogP) is 5.95. The highest BCUT2D eigenvalue weighted by Crippen LogP contribution is 2.43. The summed E-state index contributed by atoms with van der Waals surface area (Å²) in [4.78, 5) is 21.0. The number of hydrogen-bond donors (Lipinski definition) is 0. The molecule has 9 heteroatoms. The number of fused-ring (bicyclic) bond motifs is 1. The van der Waals surface area contributed by atoms with Gasteiger partial charge in [-0.25, -0.2) is 9.67 Å². The molecular weight excluding hydrogens is 560 g/mol. The first-order valence-corrected chi connectivity index (χ1v) is 16.9. The minimum atomic E-state index is -1.32. The zero-order valence-corrected chi connectivity index (χ0v) is 25.6. The summed E-state index contributed by atoms with van der Waals surface area (Å²) in [5.74, 6) is 1.85. The number of piperidine rings is 1. The van der Waals surface area contributed by atoms with Crippen LogP contribution in [0.25, 0.3) is 16.7 Å². The third kappa shape index (κ3) is 6.83. The third-order valence-electron chi connectivity index (χ3n) is 8.60. The van der Waals surface area contributed by atoms with Gasteiger partial charge in [-0.05, 0) is 68.4 Å². The van der Waals surface area contributed by atoms with Gasteiger partial charge in [-0.2, -0.15) is 5.10 Å². The molecule has 226 valence electrons. The average molecular weight is 601 g/mol. The summed E-state index contributed by atoms with van der Waals surface area (Å²) in [6.45, 7) is 2.99. The van der Waals surface area contributed by atoms with E-state index in [1.165, 1.54) is 6.42 Å². The maximum Gasteiger partial charge on any atom is 0.193 e. The van der Waals surface area contributed by atoms with Crippen LogP contribution in [0, 0.1) is 5.92 Å². The number of carbonyl (C=O) groups excluding carboxylic acids is 1. The van der Waals surface area contributed by atoms with Gasteiger partial charge in [0.15, 0.2) is 11.4 Å². The molecule has 3 heterocycles. The number of para-hydroxylation sites is 2. The van der Waals surface area contributed by atoms with Crippen LogP contribution in [0.5, 0.6) is 5.75 Å². The first-order chi connectivity index (χ1) is 21.1. The summed E-state index contributed by atoms with van der Waals surface area (Å²) in [7, 11) is 0.448. The fourth-order valence-electron chi connectivity index (χ4n) is 6.03. The second-order valence-electron chi connectivity index (χ2n) is 11.6. The Labute approximate surface area is 255 Å². The molecule has 1 saturated heterocycles. The standard InChI is InChI=1S/C34H40N4O4S/c1-41-23-25-16-18-37(19-17-25)30-22-29(31(39)24-43(40)21-9-20-42-28-14-6-3-7-15-28)35-34-32(30)33(26-10-8-11-26)36-38(34)27-12-4-2-5-13-27/h2-7,12-15,22,25-26H,8-11,16-21,23-24H2,1H3. The van der Waals surface area contributed by atoms with Crippen molar-refractivity contribution in [1.82, 2.24) is 14.8 Å². The third-order valence-corrected chi connectivity index (χ3v) is 9.93. The lowest BCUT2D eigenvalue weighted by molar-refractivity contribution is 0.101. The van der Waals surface area contributed by atoms with Crippen LogP contribution in [0.15, 0.2) is 66.7 Å². The summed E-state index contributed by atoms with van der Waals surface area (Å²) >= 11 is 0. The summed E-state index contributed by atoms with van der Waals surface area (Å²) in [5.41, 5.74) is 4.08. The topological polar surface area (TPSA) is 86.6 Å². The number of aromatic nitrogens is 3. The van der Waals surface area contributed by atoms with E-state index in [1.54, 1.807) is 7.11 Å². The monoisotopic (exact) mass is 600 g/mol. The zero-order chi connectivity index (χ0) is 29.6. The van der Waals surface area contributed by atoms with Crippen LogP contribution in [-0.2, 0) is 15.5 Å². The highest BCUT2D eigenvalue weighted by atomic mass is 32.2. The SMILES string of the molecule is COCC1CCN(c2cc(C(=O)CS(=O)CCCOc3ccccc3)nc3c2c(C2CCC2)nn3-c2ccccc2)CC1. The Morgan fingerprint density at radius 2 is 1.72 bits per heavy atom. The van der Waals surface area contributed by atoms with Crippen LogP contribution < -0.4 is 9.64 Å². The number of ether oxygens (including phenoxy) is 2. The largest absolute Gasteiger partial charge is 0.494 e. The van der Waals surface area contributed by atoms with Crippen LogP contribution in [-0.4, -0.2) is 69.7 Å². The molecule has 0 spiro atoms. The van der Waals surface area contributed by atoms with E-state index in [0.29, 0.717) is 42.0 Å². The lowest BCUT2D eigenvalue weighted by Gasteiger charge is -2.34. The lowest BCUT2D eigenvalue weighted by Crippen LogP contribution is -2.35. The van der Waals surface area contributed by atoms with Crippen molar-refractivity contribution in [3.63, 3.8) is 0 Å². The Kier molecular flexibility index (Phi) is 9.48. The Morgan fingerprint density at radius 3 is 2.40 bits per heavy atom. The van der Waals surface area contributed by atoms with Gasteiger partial charge < -0.3 is 14.4 Å². The average Bonchev–Trinajstić information content (AvgIpc) is 3.38. The molecule has 6 rings (SSSR count). The molecule has 2 aromatic carbocycles. The first-order valence-electron chi connectivity index (χ1n) is 15.4. The number of ketones is 1. The minimum Gasteiger partial charge on any atom is -0.494 e. The van der Waals surface area contributed by atoms with E-state index in [1.807, 2.05) is 71.4 Å². The Bertz CT molecular complexity index is 1550. The van der Waals surface area contributed by atoms with Crippen molar-refractivity contribution in [1.29, 1.82) is 0 Å². The molecule has 2 aromatic heterocycles. The molecule has 4 aromatic rings. The molecule has 43 heavy (non-hydrogen) atoms. The minimum absolute atomic E-state index is 0.0614. The maximum atomic E-state index is 13.6. The first kappa shape index (κ1) is 29.5. The van der Waals surface area contributed by atoms with E-state index in [0.717, 1.165) is 73.6 Å². The van der Waals surface area contributed by atoms with Gasteiger partial charge in [-0.3, -0.25) is 9.00 Å². The van der Waals surface area contributed by atoms with Gasteiger partial charge >= 0.3 is 0 Å². The number of carbonyl (C=O) groups is 1. The molecule has 1 unspecified atom stereocenters. The van der Waals surface area contributed by atoms with Crippen LogP contribution in [0.1, 0.15) is 60.6 Å². The quantitative estimate of drug-likeness (QED) is 0.138. The smallest absolute Gasteiger partial charge is 0.193 e. The normalized spacial score (nSPS) is 16.7. The maximum absolute atomic E-state index is 13.6. The van der Waals surface area contributed by atoms with E-state index < -0.39 is 10.8 Å². The molecule has 1 aliphatic heterocycles. The summed E-state index contributed by atoms with van der Waals surface area (Å²) < 4.78 is 26.1. The molecule has 2 aliphatic rings. The summed E-state index contributed by atoms with van der Waals surface area (Å²) in [6, 6.07) is 21.5. The van der Waals surface area contributed by atoms with Crippen molar-refractivity contribution in [2.75, 3.05) is 49.8 Å². The number of benzene rings is 2. The van der Waals surface area contributed by atoms with Crippen molar-refractivity contribution in [2.45, 2.75) is 44.4 Å². The van der Waals surface area contributed by atoms with E-state index in [9.17, 15) is 9.00 Å². The summed E-state index contributed by atoms with van der Waals surface area (Å²) in [6.07, 6.45) is 6.10. The van der Waals surface area contributed by atoms with Crippen molar-refractivity contribution >= 4 is 33.3 Å². The number of Topliss-reactive ketones (excluding diaryl/α,β-unsaturated/α-hetero) is 1. The Balaban J connectivity index is 1.28. The molecule has 0 N–H and O–H groups in total. The molecule has 0 bridgehead atoms. The second kappa shape index (κ2) is 13.8. The van der Waals surface area contributed by atoms with Crippen LogP contribution in [0.3, 0.4) is 0 Å². The van der Waals surface area contributed by atoms with E-state index in [-0.39, 0.29) is 11.5 Å². The van der Waals surface area contributed by atoms with Gasteiger partial charge in [0.25, 0.3) is 0 Å². The van der Waals surface area contributed by atoms with Gasteiger partial charge in [-0.15, -0.1) is 0 Å².